The largest absolute Gasteiger partial charge is 0.361 e. The maximum Gasteiger partial charge on any atom is 0.241 e. The van der Waals surface area contributed by atoms with Gasteiger partial charge >= 0.3 is 0 Å². The molecule has 7 rings (SSSR count). The van der Waals surface area contributed by atoms with Crippen LogP contribution in [0.1, 0.15) is 56.6 Å². The van der Waals surface area contributed by atoms with E-state index >= 15 is 0 Å². The summed E-state index contributed by atoms with van der Waals surface area (Å²) in [6, 6.07) is 18.4. The lowest BCUT2D eigenvalue weighted by atomic mass is 9.56. The first-order chi connectivity index (χ1) is 17.4. The van der Waals surface area contributed by atoms with Gasteiger partial charge in [-0.3, -0.25) is 4.79 Å². The van der Waals surface area contributed by atoms with Gasteiger partial charge in [-0.05, 0) is 86.8 Å². The van der Waals surface area contributed by atoms with Crippen molar-refractivity contribution in [1.29, 1.82) is 0 Å². The lowest BCUT2D eigenvalue weighted by Crippen LogP contribution is -2.63. The molecule has 4 bridgehead atoms. The van der Waals surface area contributed by atoms with Crippen LogP contribution in [0.25, 0.3) is 10.9 Å². The molecule has 2 aromatic carbocycles. The van der Waals surface area contributed by atoms with Crippen molar-refractivity contribution in [2.24, 2.45) is 17.8 Å². The fourth-order valence-electron chi connectivity index (χ4n) is 7.55. The Morgan fingerprint density at radius 3 is 2.33 bits per heavy atom. The number of hydrogen-bond donors (Lipinski definition) is 3. The molecule has 4 aliphatic rings. The third-order valence-electron chi connectivity index (χ3n) is 8.96. The van der Waals surface area contributed by atoms with E-state index in [0.717, 1.165) is 42.1 Å². The van der Waals surface area contributed by atoms with Crippen LogP contribution in [-0.2, 0) is 28.6 Å². The molecular formula is C30H37N3O2S. The summed E-state index contributed by atoms with van der Waals surface area (Å²) in [5.74, 6) is 2.05. The first-order valence-electron chi connectivity index (χ1n) is 13.5. The molecule has 36 heavy (non-hydrogen) atoms. The molecule has 0 spiro atoms. The number of hydrogen-bond acceptors (Lipinski definition) is 2. The lowest BCUT2D eigenvalue weighted by Gasteiger charge is -2.56. The van der Waals surface area contributed by atoms with Gasteiger partial charge < -0.3 is 10.3 Å². The minimum absolute atomic E-state index is 0.0817. The third kappa shape index (κ3) is 4.54. The SMILES string of the molecule is CC(Cc1c[nH]c2ccccc12)(NS(=O)C12CC3CC(CC(C3)C1)C2)C(=O)NCCc1ccccc1. The van der Waals surface area contributed by atoms with Gasteiger partial charge in [-0.2, -0.15) is 0 Å². The zero-order valence-electron chi connectivity index (χ0n) is 21.1. The molecular weight excluding hydrogens is 466 g/mol. The average molecular weight is 504 g/mol. The molecule has 4 saturated carbocycles. The number of carbonyl (C=O) groups excluding carboxylic acids is 1. The Balaban J connectivity index is 1.24. The summed E-state index contributed by atoms with van der Waals surface area (Å²) >= 11 is 0. The molecule has 190 valence electrons. The molecule has 4 fully saturated rings. The van der Waals surface area contributed by atoms with E-state index in [0.29, 0.717) is 30.7 Å². The second kappa shape index (κ2) is 9.46. The van der Waals surface area contributed by atoms with Gasteiger partial charge in [0, 0.05) is 30.1 Å². The Hall–Kier alpha value is -2.44. The van der Waals surface area contributed by atoms with Crippen LogP contribution in [-0.4, -0.2) is 31.9 Å². The van der Waals surface area contributed by atoms with Crippen LogP contribution < -0.4 is 10.0 Å². The first-order valence-corrected chi connectivity index (χ1v) is 14.6. The maximum absolute atomic E-state index is 14.1. The molecule has 1 aromatic heterocycles. The average Bonchev–Trinajstić information content (AvgIpc) is 3.26. The Morgan fingerprint density at radius 2 is 1.64 bits per heavy atom. The van der Waals surface area contributed by atoms with E-state index in [2.05, 4.69) is 39.3 Å². The van der Waals surface area contributed by atoms with Crippen LogP contribution in [0.3, 0.4) is 0 Å². The highest BCUT2D eigenvalue weighted by atomic mass is 32.2. The van der Waals surface area contributed by atoms with E-state index in [1.807, 2.05) is 43.5 Å². The number of benzene rings is 2. The summed E-state index contributed by atoms with van der Waals surface area (Å²) in [5.41, 5.74) is 2.35. The van der Waals surface area contributed by atoms with Crippen LogP contribution in [0.15, 0.2) is 60.8 Å². The number of amides is 1. The van der Waals surface area contributed by atoms with Crippen LogP contribution in [0, 0.1) is 17.8 Å². The summed E-state index contributed by atoms with van der Waals surface area (Å²) in [6.07, 6.45) is 10.3. The number of carbonyl (C=O) groups is 1. The standard InChI is InChI=1S/C30H37N3O2S/c1-29(19-25-20-32-27-10-6-5-9-26(25)27,28(34)31-12-11-21-7-3-2-4-8-21)33-36(35)30-16-22-13-23(17-30)15-24(14-22)18-30/h2-10,20,22-24,32-33H,11-19H2,1H3,(H,31,34). The van der Waals surface area contributed by atoms with Gasteiger partial charge in [0.15, 0.2) is 0 Å². The van der Waals surface area contributed by atoms with Crippen molar-refractivity contribution >= 4 is 27.8 Å². The van der Waals surface area contributed by atoms with Gasteiger partial charge in [0.1, 0.15) is 5.54 Å². The van der Waals surface area contributed by atoms with Gasteiger partial charge in [-0.1, -0.05) is 48.5 Å². The molecule has 0 saturated heterocycles. The topological polar surface area (TPSA) is 74.0 Å². The fraction of sp³-hybridized carbons (Fsp3) is 0.500. The third-order valence-corrected chi connectivity index (χ3v) is 10.9. The van der Waals surface area contributed by atoms with Crippen LogP contribution >= 0.6 is 0 Å². The molecule has 5 nitrogen and oxygen atoms in total. The number of nitrogens with one attached hydrogen (secondary N) is 3. The van der Waals surface area contributed by atoms with Crippen molar-refractivity contribution < 1.29 is 9.00 Å². The molecule has 3 N–H and O–H groups in total. The van der Waals surface area contributed by atoms with Crippen LogP contribution in [0.2, 0.25) is 0 Å². The summed E-state index contributed by atoms with van der Waals surface area (Å²) in [5, 5.41) is 4.28. The zero-order valence-corrected chi connectivity index (χ0v) is 21.9. The summed E-state index contributed by atoms with van der Waals surface area (Å²) in [4.78, 5) is 17.1. The van der Waals surface area contributed by atoms with Gasteiger partial charge in [0.2, 0.25) is 5.91 Å². The second-order valence-electron chi connectivity index (χ2n) is 11.8. The van der Waals surface area contributed by atoms with Crippen molar-refractivity contribution in [2.45, 2.75) is 68.6 Å². The monoisotopic (exact) mass is 503 g/mol. The second-order valence-corrected chi connectivity index (χ2v) is 13.4. The van der Waals surface area contributed by atoms with Gasteiger partial charge in [0.05, 0.1) is 15.7 Å². The predicted octanol–water partition coefficient (Wildman–Crippen LogP) is 5.05. The van der Waals surface area contributed by atoms with Crippen LogP contribution in [0.4, 0.5) is 0 Å². The maximum atomic E-state index is 14.1. The van der Waals surface area contributed by atoms with Gasteiger partial charge in [0.25, 0.3) is 0 Å². The smallest absolute Gasteiger partial charge is 0.241 e. The number of para-hydroxylation sites is 1. The lowest BCUT2D eigenvalue weighted by molar-refractivity contribution is -0.126. The quantitative estimate of drug-likeness (QED) is 0.382. The number of rotatable bonds is 9. The van der Waals surface area contributed by atoms with E-state index < -0.39 is 16.5 Å². The number of aromatic nitrogens is 1. The molecule has 0 aliphatic heterocycles. The first kappa shape index (κ1) is 23.9. The fourth-order valence-corrected chi connectivity index (χ4v) is 9.50. The summed E-state index contributed by atoms with van der Waals surface area (Å²) in [7, 11) is -1.27. The number of fused-ring (bicyclic) bond motifs is 1. The molecule has 4 aliphatic carbocycles. The summed E-state index contributed by atoms with van der Waals surface area (Å²) in [6.45, 7) is 2.49. The minimum atomic E-state index is -1.27. The van der Waals surface area contributed by atoms with Crippen molar-refractivity contribution in [3.63, 3.8) is 0 Å². The Bertz CT molecular complexity index is 1230. The highest BCUT2D eigenvalue weighted by Gasteiger charge is 2.55. The Kier molecular flexibility index (Phi) is 6.29. The van der Waals surface area contributed by atoms with E-state index in [9.17, 15) is 9.00 Å². The highest BCUT2D eigenvalue weighted by molar-refractivity contribution is 7.84. The molecule has 6 heteroatoms. The van der Waals surface area contributed by atoms with E-state index in [4.69, 9.17) is 0 Å². The molecule has 1 amide bonds. The van der Waals surface area contributed by atoms with Crippen molar-refractivity contribution in [2.75, 3.05) is 6.54 Å². The highest BCUT2D eigenvalue weighted by Crippen LogP contribution is 2.57. The normalized spacial score (nSPS) is 29.2. The van der Waals surface area contributed by atoms with Gasteiger partial charge in [-0.15, -0.1) is 0 Å². The molecule has 0 radical (unpaired) electrons. The van der Waals surface area contributed by atoms with Crippen molar-refractivity contribution in [1.82, 2.24) is 15.0 Å². The number of aromatic amines is 1. The minimum Gasteiger partial charge on any atom is -0.361 e. The Labute approximate surface area is 216 Å². The van der Waals surface area contributed by atoms with Gasteiger partial charge in [-0.25, -0.2) is 8.93 Å². The predicted molar refractivity (Wildman–Crippen MR) is 146 cm³/mol. The van der Waals surface area contributed by atoms with Crippen molar-refractivity contribution in [3.05, 3.63) is 71.9 Å². The molecule has 1 heterocycles. The van der Waals surface area contributed by atoms with Crippen LogP contribution in [0.5, 0.6) is 0 Å². The number of H-pyrrole nitrogens is 1. The Morgan fingerprint density at radius 1 is 1.00 bits per heavy atom. The molecule has 2 unspecified atom stereocenters. The molecule has 2 atom stereocenters. The summed E-state index contributed by atoms with van der Waals surface area (Å²) < 4.78 is 17.4. The molecule has 3 aromatic rings. The van der Waals surface area contributed by atoms with Crippen molar-refractivity contribution in [3.8, 4) is 0 Å². The van der Waals surface area contributed by atoms with E-state index in [-0.39, 0.29) is 10.7 Å². The van der Waals surface area contributed by atoms with E-state index in [1.165, 1.54) is 24.8 Å². The van der Waals surface area contributed by atoms with E-state index in [1.54, 1.807) is 0 Å². The zero-order chi connectivity index (χ0) is 24.8.